The van der Waals surface area contributed by atoms with Gasteiger partial charge in [0.2, 0.25) is 0 Å². The number of aromatic nitrogens is 4. The Morgan fingerprint density at radius 3 is 1.38 bits per heavy atom. The Bertz CT molecular complexity index is 3620. The molecule has 12 aromatic rings. The van der Waals surface area contributed by atoms with Crippen LogP contribution in [0.4, 0.5) is 0 Å². The van der Waals surface area contributed by atoms with Gasteiger partial charge in [-0.25, -0.2) is 15.0 Å². The van der Waals surface area contributed by atoms with Gasteiger partial charge in [-0.15, -0.1) is 0 Å². The molecule has 9 aromatic carbocycles. The smallest absolute Gasteiger partial charge is 0.160 e. The molecule has 3 aromatic heterocycles. The van der Waals surface area contributed by atoms with Crippen LogP contribution in [0, 0.1) is 0 Å². The molecule has 0 amide bonds. The van der Waals surface area contributed by atoms with Crippen LogP contribution >= 0.6 is 0 Å². The normalized spacial score (nSPS) is 11.5. The van der Waals surface area contributed by atoms with E-state index in [4.69, 9.17) is 15.0 Å². The molecule has 4 nitrogen and oxygen atoms in total. The van der Waals surface area contributed by atoms with Crippen LogP contribution in [0.2, 0.25) is 0 Å². The van der Waals surface area contributed by atoms with Gasteiger partial charge in [0.05, 0.1) is 33.6 Å². The molecule has 0 atom stereocenters. The lowest BCUT2D eigenvalue weighted by Gasteiger charge is -2.13. The van der Waals surface area contributed by atoms with E-state index in [9.17, 15) is 0 Å². The molecule has 0 aliphatic heterocycles. The fourth-order valence-corrected chi connectivity index (χ4v) is 9.15. The van der Waals surface area contributed by atoms with Gasteiger partial charge in [0, 0.05) is 54.9 Å². The van der Waals surface area contributed by atoms with E-state index < -0.39 is 0 Å². The van der Waals surface area contributed by atoms with Gasteiger partial charge < -0.3 is 4.57 Å². The summed E-state index contributed by atoms with van der Waals surface area (Å²) >= 11 is 0. The summed E-state index contributed by atoms with van der Waals surface area (Å²) in [4.78, 5) is 15.5. The summed E-state index contributed by atoms with van der Waals surface area (Å²) in [6.07, 6.45) is 0. The van der Waals surface area contributed by atoms with E-state index in [1.165, 1.54) is 38.3 Å². The van der Waals surface area contributed by atoms with Crippen molar-refractivity contribution in [2.45, 2.75) is 0 Å². The highest BCUT2D eigenvalue weighted by Crippen LogP contribution is 2.42. The van der Waals surface area contributed by atoms with Crippen LogP contribution in [-0.2, 0) is 0 Å². The van der Waals surface area contributed by atoms with Crippen molar-refractivity contribution >= 4 is 43.5 Å². The molecular formula is C59H38N4. The van der Waals surface area contributed by atoms with E-state index in [2.05, 4.69) is 211 Å². The van der Waals surface area contributed by atoms with Gasteiger partial charge in [0.15, 0.2) is 5.82 Å². The number of pyridine rings is 1. The van der Waals surface area contributed by atoms with Crippen molar-refractivity contribution in [3.05, 3.63) is 231 Å². The summed E-state index contributed by atoms with van der Waals surface area (Å²) in [6.45, 7) is 0. The molecule has 0 saturated heterocycles. The molecule has 0 aliphatic rings. The van der Waals surface area contributed by atoms with Crippen molar-refractivity contribution in [3.63, 3.8) is 0 Å². The molecule has 63 heavy (non-hydrogen) atoms. The second kappa shape index (κ2) is 15.2. The van der Waals surface area contributed by atoms with Crippen molar-refractivity contribution in [3.8, 4) is 73.1 Å². The first-order chi connectivity index (χ1) is 31.2. The van der Waals surface area contributed by atoms with Gasteiger partial charge in [-0.05, 0) is 58.7 Å². The summed E-state index contributed by atoms with van der Waals surface area (Å²) in [5.41, 5.74) is 16.0. The number of hydrogen-bond acceptors (Lipinski definition) is 3. The third-order valence-electron chi connectivity index (χ3n) is 12.2. The predicted molar refractivity (Wildman–Crippen MR) is 262 cm³/mol. The average Bonchev–Trinajstić information content (AvgIpc) is 3.71. The van der Waals surface area contributed by atoms with E-state index in [0.717, 1.165) is 72.4 Å². The van der Waals surface area contributed by atoms with E-state index in [-0.39, 0.29) is 0 Å². The topological polar surface area (TPSA) is 43.6 Å². The van der Waals surface area contributed by atoms with Gasteiger partial charge in [-0.2, -0.15) is 0 Å². The van der Waals surface area contributed by atoms with Gasteiger partial charge in [-0.3, -0.25) is 0 Å². The van der Waals surface area contributed by atoms with Gasteiger partial charge >= 0.3 is 0 Å². The summed E-state index contributed by atoms with van der Waals surface area (Å²) < 4.78 is 2.38. The zero-order valence-corrected chi connectivity index (χ0v) is 34.2. The summed E-state index contributed by atoms with van der Waals surface area (Å²) in [5, 5.41) is 6.00. The standard InChI is InChI=1S/C59H38N4/c1-4-14-39(15-5-1)40-24-30-43(31-25-40)52-38-53(62-59(61-52)46-16-6-2-7-17-46)44-32-26-41(27-33-44)42-28-34-45(35-29-42)58-50-36-37-55-57(56(50)48-20-10-12-22-51(48)60-58)49-21-11-13-23-54(49)63(55)47-18-8-3-9-19-47/h1-38H. The number of fused-ring (bicyclic) bond motifs is 7. The minimum Gasteiger partial charge on any atom is -0.309 e. The van der Waals surface area contributed by atoms with E-state index >= 15 is 0 Å². The van der Waals surface area contributed by atoms with Gasteiger partial charge in [-0.1, -0.05) is 194 Å². The van der Waals surface area contributed by atoms with Crippen molar-refractivity contribution in [2.24, 2.45) is 0 Å². The molecular weight excluding hydrogens is 765 g/mol. The van der Waals surface area contributed by atoms with E-state index in [0.29, 0.717) is 5.82 Å². The van der Waals surface area contributed by atoms with Crippen LogP contribution in [0.15, 0.2) is 231 Å². The molecule has 0 saturated carbocycles. The SMILES string of the molecule is c1ccc(-c2ccc(-c3cc(-c4ccc(-c5ccc(-c6nc7ccccc7c7c6ccc6c7c7ccccc7n6-c6ccccc6)cc5)cc4)nc(-c4ccccc4)n3)cc2)cc1. The second-order valence-electron chi connectivity index (χ2n) is 16.0. The van der Waals surface area contributed by atoms with E-state index in [1.54, 1.807) is 0 Å². The van der Waals surface area contributed by atoms with Crippen LogP contribution in [-0.4, -0.2) is 19.5 Å². The Labute approximate surface area is 365 Å². The molecule has 0 spiro atoms. The molecule has 0 bridgehead atoms. The Hall–Kier alpha value is -8.47. The molecule has 12 rings (SSSR count). The Morgan fingerprint density at radius 1 is 0.286 bits per heavy atom. The number of nitrogens with zero attached hydrogens (tertiary/aromatic N) is 4. The highest BCUT2D eigenvalue weighted by atomic mass is 15.0. The minimum atomic E-state index is 0.701. The number of rotatable bonds is 7. The van der Waals surface area contributed by atoms with Crippen molar-refractivity contribution < 1.29 is 0 Å². The number of para-hydroxylation sites is 3. The zero-order chi connectivity index (χ0) is 41.7. The minimum absolute atomic E-state index is 0.701. The van der Waals surface area contributed by atoms with Crippen LogP contribution in [0.3, 0.4) is 0 Å². The first-order valence-corrected chi connectivity index (χ1v) is 21.4. The van der Waals surface area contributed by atoms with Crippen LogP contribution < -0.4 is 0 Å². The molecule has 0 N–H and O–H groups in total. The molecule has 4 heteroatoms. The maximum Gasteiger partial charge on any atom is 0.160 e. The Morgan fingerprint density at radius 2 is 0.762 bits per heavy atom. The van der Waals surface area contributed by atoms with Crippen molar-refractivity contribution in [1.29, 1.82) is 0 Å². The van der Waals surface area contributed by atoms with Gasteiger partial charge in [0.25, 0.3) is 0 Å². The maximum atomic E-state index is 5.33. The quantitative estimate of drug-likeness (QED) is 0.151. The lowest BCUT2D eigenvalue weighted by atomic mass is 9.95. The van der Waals surface area contributed by atoms with Crippen LogP contribution in [0.25, 0.3) is 117 Å². The van der Waals surface area contributed by atoms with Crippen molar-refractivity contribution in [1.82, 2.24) is 19.5 Å². The largest absolute Gasteiger partial charge is 0.309 e. The lowest BCUT2D eigenvalue weighted by Crippen LogP contribution is -1.96. The fraction of sp³-hybridized carbons (Fsp3) is 0. The summed E-state index contributed by atoms with van der Waals surface area (Å²) in [6, 6.07) is 81.4. The highest BCUT2D eigenvalue weighted by molar-refractivity contribution is 6.29. The number of hydrogen-bond donors (Lipinski definition) is 0. The Kier molecular flexibility index (Phi) is 8.79. The Balaban J connectivity index is 0.913. The third-order valence-corrected chi connectivity index (χ3v) is 12.2. The molecule has 0 radical (unpaired) electrons. The average molecular weight is 803 g/mol. The highest BCUT2D eigenvalue weighted by Gasteiger charge is 2.19. The first-order valence-electron chi connectivity index (χ1n) is 21.4. The lowest BCUT2D eigenvalue weighted by molar-refractivity contribution is 1.18. The second-order valence-corrected chi connectivity index (χ2v) is 16.0. The molecule has 0 unspecified atom stereocenters. The number of benzene rings is 9. The van der Waals surface area contributed by atoms with Gasteiger partial charge in [0.1, 0.15) is 0 Å². The summed E-state index contributed by atoms with van der Waals surface area (Å²) in [7, 11) is 0. The first kappa shape index (κ1) is 36.4. The van der Waals surface area contributed by atoms with E-state index in [1.807, 2.05) is 24.3 Å². The third kappa shape index (κ3) is 6.44. The summed E-state index contributed by atoms with van der Waals surface area (Å²) in [5.74, 6) is 0.701. The molecule has 294 valence electrons. The zero-order valence-electron chi connectivity index (χ0n) is 34.2. The fourth-order valence-electron chi connectivity index (χ4n) is 9.15. The van der Waals surface area contributed by atoms with Crippen molar-refractivity contribution in [2.75, 3.05) is 0 Å². The van der Waals surface area contributed by atoms with Crippen LogP contribution in [0.1, 0.15) is 0 Å². The maximum absolute atomic E-state index is 5.33. The monoisotopic (exact) mass is 802 g/mol. The molecule has 0 fully saturated rings. The van der Waals surface area contributed by atoms with Crippen LogP contribution in [0.5, 0.6) is 0 Å². The molecule has 0 aliphatic carbocycles. The molecule has 3 heterocycles. The predicted octanol–water partition coefficient (Wildman–Crippen LogP) is 15.3.